The van der Waals surface area contributed by atoms with Crippen LogP contribution >= 0.6 is 11.6 Å². The first-order chi connectivity index (χ1) is 12.5. The van der Waals surface area contributed by atoms with Crippen molar-refractivity contribution in [1.82, 2.24) is 5.32 Å². The molecule has 0 bridgehead atoms. The van der Waals surface area contributed by atoms with Gasteiger partial charge < -0.3 is 15.4 Å². The van der Waals surface area contributed by atoms with Gasteiger partial charge in [0, 0.05) is 11.6 Å². The summed E-state index contributed by atoms with van der Waals surface area (Å²) in [5.74, 6) is -0.0109. The summed E-state index contributed by atoms with van der Waals surface area (Å²) < 4.78 is 5.75. The van der Waals surface area contributed by atoms with Crippen LogP contribution in [0.5, 0.6) is 5.75 Å². The van der Waals surface area contributed by atoms with Crippen LogP contribution in [-0.4, -0.2) is 24.5 Å². The van der Waals surface area contributed by atoms with E-state index in [1.54, 1.807) is 48.5 Å². The molecule has 0 radical (unpaired) electrons. The molecule has 0 fully saturated rings. The Kier molecular flexibility index (Phi) is 7.48. The molecule has 2 rings (SSSR count). The third kappa shape index (κ3) is 5.49. The maximum atomic E-state index is 12.6. The van der Waals surface area contributed by atoms with E-state index in [-0.39, 0.29) is 11.8 Å². The van der Waals surface area contributed by atoms with E-state index in [1.807, 2.05) is 13.8 Å². The molecule has 138 valence electrons. The smallest absolute Gasteiger partial charge is 0.265 e. The molecule has 0 spiro atoms. The summed E-state index contributed by atoms with van der Waals surface area (Å²) in [6, 6.07) is 13.8. The molecule has 26 heavy (non-hydrogen) atoms. The molecule has 2 amide bonds. The molecule has 0 heterocycles. The van der Waals surface area contributed by atoms with Gasteiger partial charge in [-0.3, -0.25) is 9.59 Å². The summed E-state index contributed by atoms with van der Waals surface area (Å²) in [6.07, 6.45) is 0.619. The molecule has 0 aliphatic rings. The molecule has 0 saturated carbocycles. The van der Waals surface area contributed by atoms with E-state index in [4.69, 9.17) is 16.3 Å². The molecule has 2 aromatic rings. The number of amides is 2. The normalized spacial score (nSPS) is 11.5. The standard InChI is InChI=1S/C20H23ClN2O3/c1-3-12-22-19(24)16-10-5-6-11-17(16)23-20(25)18(4-2)26-15-9-7-8-14(21)13-15/h5-11,13,18H,3-4,12H2,1-2H3,(H,22,24)(H,23,25). The van der Waals surface area contributed by atoms with Gasteiger partial charge in [-0.2, -0.15) is 0 Å². The van der Waals surface area contributed by atoms with Crippen LogP contribution in [0.3, 0.4) is 0 Å². The molecule has 2 N–H and O–H groups in total. The van der Waals surface area contributed by atoms with Gasteiger partial charge in [-0.1, -0.05) is 43.6 Å². The molecular formula is C20H23ClN2O3. The van der Waals surface area contributed by atoms with Crippen molar-refractivity contribution >= 4 is 29.1 Å². The zero-order chi connectivity index (χ0) is 18.9. The fourth-order valence-electron chi connectivity index (χ4n) is 2.36. The molecule has 0 aliphatic heterocycles. The zero-order valence-electron chi connectivity index (χ0n) is 14.9. The monoisotopic (exact) mass is 374 g/mol. The Balaban J connectivity index is 2.11. The third-order valence-corrected chi connectivity index (χ3v) is 3.94. The predicted octanol–water partition coefficient (Wildman–Crippen LogP) is 4.28. The van der Waals surface area contributed by atoms with E-state index in [1.165, 1.54) is 0 Å². The van der Waals surface area contributed by atoms with Crippen molar-refractivity contribution in [3.8, 4) is 5.75 Å². The van der Waals surface area contributed by atoms with Crippen LogP contribution in [-0.2, 0) is 4.79 Å². The van der Waals surface area contributed by atoms with Crippen LogP contribution in [0.1, 0.15) is 37.0 Å². The summed E-state index contributed by atoms with van der Waals surface area (Å²) in [5, 5.41) is 6.15. The Labute approximate surface area is 158 Å². The zero-order valence-corrected chi connectivity index (χ0v) is 15.7. The van der Waals surface area contributed by atoms with E-state index < -0.39 is 6.10 Å². The first kappa shape index (κ1) is 19.8. The largest absolute Gasteiger partial charge is 0.481 e. The fourth-order valence-corrected chi connectivity index (χ4v) is 2.54. The van der Waals surface area contributed by atoms with Crippen molar-refractivity contribution in [2.24, 2.45) is 0 Å². The Morgan fingerprint density at radius 1 is 1.12 bits per heavy atom. The van der Waals surface area contributed by atoms with Gasteiger partial charge in [0.2, 0.25) is 0 Å². The van der Waals surface area contributed by atoms with E-state index in [0.717, 1.165) is 6.42 Å². The van der Waals surface area contributed by atoms with Crippen LogP contribution < -0.4 is 15.4 Å². The van der Waals surface area contributed by atoms with Crippen LogP contribution in [0.15, 0.2) is 48.5 Å². The van der Waals surface area contributed by atoms with Gasteiger partial charge in [-0.15, -0.1) is 0 Å². The number of benzene rings is 2. The number of carbonyl (C=O) groups is 2. The van der Waals surface area contributed by atoms with Gasteiger partial charge in [-0.05, 0) is 43.2 Å². The van der Waals surface area contributed by atoms with Crippen molar-refractivity contribution in [2.75, 3.05) is 11.9 Å². The number of anilines is 1. The van der Waals surface area contributed by atoms with Gasteiger partial charge in [0.15, 0.2) is 6.10 Å². The van der Waals surface area contributed by atoms with Gasteiger partial charge in [-0.25, -0.2) is 0 Å². The second-order valence-electron chi connectivity index (χ2n) is 5.76. The highest BCUT2D eigenvalue weighted by Gasteiger charge is 2.21. The molecule has 0 saturated heterocycles. The molecule has 0 aliphatic carbocycles. The summed E-state index contributed by atoms with van der Waals surface area (Å²) in [7, 11) is 0. The van der Waals surface area contributed by atoms with Gasteiger partial charge >= 0.3 is 0 Å². The maximum absolute atomic E-state index is 12.6. The van der Waals surface area contributed by atoms with Crippen molar-refractivity contribution in [2.45, 2.75) is 32.8 Å². The molecule has 5 nitrogen and oxygen atoms in total. The van der Waals surface area contributed by atoms with Gasteiger partial charge in [0.1, 0.15) is 5.75 Å². The first-order valence-corrected chi connectivity index (χ1v) is 9.03. The summed E-state index contributed by atoms with van der Waals surface area (Å²) in [5.41, 5.74) is 0.881. The molecule has 0 aromatic heterocycles. The highest BCUT2D eigenvalue weighted by Crippen LogP contribution is 2.21. The lowest BCUT2D eigenvalue weighted by molar-refractivity contribution is -0.122. The molecule has 6 heteroatoms. The number of rotatable bonds is 8. The Morgan fingerprint density at radius 3 is 2.58 bits per heavy atom. The lowest BCUT2D eigenvalue weighted by Gasteiger charge is -2.18. The number of para-hydroxylation sites is 1. The Hall–Kier alpha value is -2.53. The molecule has 1 atom stereocenters. The lowest BCUT2D eigenvalue weighted by atomic mass is 10.1. The van der Waals surface area contributed by atoms with Crippen molar-refractivity contribution < 1.29 is 14.3 Å². The average Bonchev–Trinajstić information content (AvgIpc) is 2.64. The minimum Gasteiger partial charge on any atom is -0.481 e. The fraction of sp³-hybridized carbons (Fsp3) is 0.300. The second kappa shape index (κ2) is 9.82. The minimum absolute atomic E-state index is 0.216. The number of nitrogens with one attached hydrogen (secondary N) is 2. The topological polar surface area (TPSA) is 67.4 Å². The molecular weight excluding hydrogens is 352 g/mol. The summed E-state index contributed by atoms with van der Waals surface area (Å²) in [6.45, 7) is 4.41. The second-order valence-corrected chi connectivity index (χ2v) is 6.20. The SMILES string of the molecule is CCCNC(=O)c1ccccc1NC(=O)C(CC)Oc1cccc(Cl)c1. The van der Waals surface area contributed by atoms with E-state index >= 15 is 0 Å². The Morgan fingerprint density at radius 2 is 1.88 bits per heavy atom. The number of hydrogen-bond acceptors (Lipinski definition) is 3. The number of ether oxygens (including phenoxy) is 1. The van der Waals surface area contributed by atoms with Crippen molar-refractivity contribution in [3.05, 3.63) is 59.1 Å². The van der Waals surface area contributed by atoms with Crippen LogP contribution in [0.4, 0.5) is 5.69 Å². The van der Waals surface area contributed by atoms with Crippen LogP contribution in [0.2, 0.25) is 5.02 Å². The van der Waals surface area contributed by atoms with Gasteiger partial charge in [0.05, 0.1) is 11.3 Å². The minimum atomic E-state index is -0.694. The first-order valence-electron chi connectivity index (χ1n) is 8.65. The maximum Gasteiger partial charge on any atom is 0.265 e. The highest BCUT2D eigenvalue weighted by molar-refractivity contribution is 6.30. The quantitative estimate of drug-likeness (QED) is 0.724. The van der Waals surface area contributed by atoms with Gasteiger partial charge in [0.25, 0.3) is 11.8 Å². The van der Waals surface area contributed by atoms with Crippen molar-refractivity contribution in [3.63, 3.8) is 0 Å². The highest BCUT2D eigenvalue weighted by atomic mass is 35.5. The molecule has 1 unspecified atom stereocenters. The average molecular weight is 375 g/mol. The predicted molar refractivity (Wildman–Crippen MR) is 104 cm³/mol. The summed E-state index contributed by atoms with van der Waals surface area (Å²) >= 11 is 5.95. The Bertz CT molecular complexity index is 764. The van der Waals surface area contributed by atoms with Crippen molar-refractivity contribution in [1.29, 1.82) is 0 Å². The molecule has 2 aromatic carbocycles. The van der Waals surface area contributed by atoms with E-state index in [2.05, 4.69) is 10.6 Å². The van der Waals surface area contributed by atoms with Crippen LogP contribution in [0, 0.1) is 0 Å². The van der Waals surface area contributed by atoms with E-state index in [9.17, 15) is 9.59 Å². The van der Waals surface area contributed by atoms with Crippen LogP contribution in [0.25, 0.3) is 0 Å². The lowest BCUT2D eigenvalue weighted by Crippen LogP contribution is -2.33. The number of halogens is 1. The van der Waals surface area contributed by atoms with E-state index in [0.29, 0.717) is 35.0 Å². The number of carbonyl (C=O) groups excluding carboxylic acids is 2. The third-order valence-electron chi connectivity index (χ3n) is 3.70. The number of hydrogen-bond donors (Lipinski definition) is 2. The summed E-state index contributed by atoms with van der Waals surface area (Å²) in [4.78, 5) is 24.9.